The molecule has 6 heteroatoms. The van der Waals surface area contributed by atoms with Gasteiger partial charge in [0.25, 0.3) is 0 Å². The van der Waals surface area contributed by atoms with Crippen molar-refractivity contribution in [3.8, 4) is 17.7 Å². The molecule has 2 aromatic heterocycles. The zero-order valence-electron chi connectivity index (χ0n) is 16.8. The minimum Gasteiger partial charge on any atom is -0.475 e. The smallest absolute Gasteiger partial charge is 0.249 e. The fourth-order valence-corrected chi connectivity index (χ4v) is 2.82. The van der Waals surface area contributed by atoms with Crippen LogP contribution in [0, 0.1) is 17.3 Å². The number of fused-ring (bicyclic) bond motifs is 1. The van der Waals surface area contributed by atoms with E-state index in [1.807, 2.05) is 56.3 Å². The summed E-state index contributed by atoms with van der Waals surface area (Å²) >= 11 is 0. The van der Waals surface area contributed by atoms with Gasteiger partial charge in [-0.3, -0.25) is 0 Å². The summed E-state index contributed by atoms with van der Waals surface area (Å²) in [6, 6.07) is 13.4. The number of rotatable bonds is 3. The summed E-state index contributed by atoms with van der Waals surface area (Å²) in [7, 11) is 0. The quantitative estimate of drug-likeness (QED) is 0.638. The minimum atomic E-state index is -0.569. The van der Waals surface area contributed by atoms with Gasteiger partial charge in [-0.25, -0.2) is 15.0 Å². The Morgan fingerprint density at radius 3 is 2.48 bits per heavy atom. The minimum absolute atomic E-state index is 0.286. The summed E-state index contributed by atoms with van der Waals surface area (Å²) in [5.74, 6) is 6.02. The van der Waals surface area contributed by atoms with Gasteiger partial charge in [-0.05, 0) is 44.0 Å². The first kappa shape index (κ1) is 19.3. The van der Waals surface area contributed by atoms with Gasteiger partial charge in [-0.15, -0.1) is 0 Å². The maximum atomic E-state index is 6.08. The van der Waals surface area contributed by atoms with Crippen LogP contribution in [0.5, 0.6) is 5.88 Å². The molecular weight excluding hydrogens is 366 g/mol. The molecule has 0 amide bonds. The number of hydrogen-bond donors (Lipinski definition) is 0. The molecule has 0 spiro atoms. The second-order valence-corrected chi connectivity index (χ2v) is 7.92. The number of nitrogens with zero attached hydrogens (tertiary/aromatic N) is 3. The van der Waals surface area contributed by atoms with Crippen molar-refractivity contribution >= 4 is 11.2 Å². The Morgan fingerprint density at radius 1 is 0.966 bits per heavy atom. The van der Waals surface area contributed by atoms with E-state index in [0.29, 0.717) is 42.6 Å². The van der Waals surface area contributed by atoms with Crippen molar-refractivity contribution in [2.24, 2.45) is 5.41 Å². The molecule has 4 rings (SSSR count). The standard InChI is InChI=1S/C23H23N3O3/c1-22(2)28-15-23(3,16-29-22)14-27-21-19(12-11-17-8-5-4-6-9-17)25-20-18(26-21)10-7-13-24-20/h4-10,13H,14-16H2,1-3H3. The highest BCUT2D eigenvalue weighted by Gasteiger charge is 2.37. The molecule has 29 heavy (non-hydrogen) atoms. The van der Waals surface area contributed by atoms with Gasteiger partial charge in [-0.2, -0.15) is 0 Å². The summed E-state index contributed by atoms with van der Waals surface area (Å²) in [5.41, 5.74) is 2.27. The largest absolute Gasteiger partial charge is 0.475 e. The molecule has 0 aliphatic carbocycles. The Bertz CT molecular complexity index is 1060. The molecule has 0 atom stereocenters. The highest BCUT2D eigenvalue weighted by atomic mass is 16.7. The SMILES string of the molecule is CC1(COc2nc3cccnc3nc2C#Cc2ccccc2)COC(C)(C)OC1. The Balaban J connectivity index is 1.61. The molecule has 6 nitrogen and oxygen atoms in total. The van der Waals surface area contributed by atoms with Gasteiger partial charge in [0, 0.05) is 17.2 Å². The normalized spacial score (nSPS) is 17.3. The fourth-order valence-electron chi connectivity index (χ4n) is 2.82. The predicted molar refractivity (Wildman–Crippen MR) is 109 cm³/mol. The van der Waals surface area contributed by atoms with Crippen LogP contribution in [-0.2, 0) is 9.47 Å². The predicted octanol–water partition coefficient (Wildman–Crippen LogP) is 3.59. The number of ether oxygens (including phenoxy) is 3. The molecule has 0 radical (unpaired) electrons. The summed E-state index contributed by atoms with van der Waals surface area (Å²) in [5, 5.41) is 0. The molecule has 0 unspecified atom stereocenters. The van der Waals surface area contributed by atoms with Crippen LogP contribution in [0.4, 0.5) is 0 Å². The fraction of sp³-hybridized carbons (Fsp3) is 0.348. The van der Waals surface area contributed by atoms with Crippen LogP contribution in [0.25, 0.3) is 11.2 Å². The summed E-state index contributed by atoms with van der Waals surface area (Å²) in [6.07, 6.45) is 1.69. The molecule has 1 aromatic carbocycles. The number of aromatic nitrogens is 3. The zero-order valence-corrected chi connectivity index (χ0v) is 16.8. The van der Waals surface area contributed by atoms with E-state index in [4.69, 9.17) is 14.2 Å². The Hall–Kier alpha value is -3.01. The van der Waals surface area contributed by atoms with E-state index >= 15 is 0 Å². The van der Waals surface area contributed by atoms with Crippen molar-refractivity contribution in [3.05, 3.63) is 59.9 Å². The van der Waals surface area contributed by atoms with Crippen LogP contribution in [-0.4, -0.2) is 40.6 Å². The molecule has 0 N–H and O–H groups in total. The molecule has 1 saturated heterocycles. The number of pyridine rings is 1. The maximum Gasteiger partial charge on any atom is 0.249 e. The molecule has 0 bridgehead atoms. The van der Waals surface area contributed by atoms with Crippen LogP contribution in [0.2, 0.25) is 0 Å². The van der Waals surface area contributed by atoms with Crippen molar-refractivity contribution in [2.45, 2.75) is 26.6 Å². The molecule has 1 fully saturated rings. The van der Waals surface area contributed by atoms with Gasteiger partial charge in [0.05, 0.1) is 19.8 Å². The molecule has 1 aliphatic rings. The average molecular weight is 389 g/mol. The highest BCUT2D eigenvalue weighted by molar-refractivity contribution is 5.71. The second-order valence-electron chi connectivity index (χ2n) is 7.92. The topological polar surface area (TPSA) is 66.4 Å². The lowest BCUT2D eigenvalue weighted by atomic mass is 9.93. The van der Waals surface area contributed by atoms with Gasteiger partial charge >= 0.3 is 0 Å². The van der Waals surface area contributed by atoms with Gasteiger partial charge in [0.15, 0.2) is 17.1 Å². The first-order chi connectivity index (χ1) is 13.9. The van der Waals surface area contributed by atoms with Crippen molar-refractivity contribution < 1.29 is 14.2 Å². The first-order valence-electron chi connectivity index (χ1n) is 9.53. The third kappa shape index (κ3) is 4.70. The van der Waals surface area contributed by atoms with E-state index in [1.165, 1.54) is 0 Å². The van der Waals surface area contributed by atoms with Crippen molar-refractivity contribution in [1.29, 1.82) is 0 Å². The maximum absolute atomic E-state index is 6.08. The molecule has 3 heterocycles. The third-order valence-electron chi connectivity index (χ3n) is 4.60. The van der Waals surface area contributed by atoms with Crippen LogP contribution < -0.4 is 4.74 Å². The average Bonchev–Trinajstić information content (AvgIpc) is 2.74. The molecule has 148 valence electrons. The van der Waals surface area contributed by atoms with E-state index in [2.05, 4.69) is 33.7 Å². The van der Waals surface area contributed by atoms with Crippen molar-refractivity contribution in [1.82, 2.24) is 15.0 Å². The van der Waals surface area contributed by atoms with E-state index in [-0.39, 0.29) is 5.41 Å². The van der Waals surface area contributed by atoms with E-state index in [1.54, 1.807) is 6.20 Å². The lowest BCUT2D eigenvalue weighted by Crippen LogP contribution is -2.47. The molecule has 0 saturated carbocycles. The number of hydrogen-bond acceptors (Lipinski definition) is 6. The second kappa shape index (κ2) is 7.78. The molecule has 1 aliphatic heterocycles. The van der Waals surface area contributed by atoms with Gasteiger partial charge in [0.2, 0.25) is 5.88 Å². The van der Waals surface area contributed by atoms with Crippen molar-refractivity contribution in [3.63, 3.8) is 0 Å². The third-order valence-corrected chi connectivity index (χ3v) is 4.60. The Labute approximate surface area is 170 Å². The van der Waals surface area contributed by atoms with Crippen LogP contribution in [0.3, 0.4) is 0 Å². The summed E-state index contributed by atoms with van der Waals surface area (Å²) < 4.78 is 17.7. The number of benzene rings is 1. The van der Waals surface area contributed by atoms with Gasteiger partial charge < -0.3 is 14.2 Å². The monoisotopic (exact) mass is 389 g/mol. The Morgan fingerprint density at radius 2 is 1.72 bits per heavy atom. The van der Waals surface area contributed by atoms with Crippen LogP contribution in [0.15, 0.2) is 48.7 Å². The van der Waals surface area contributed by atoms with Gasteiger partial charge in [-0.1, -0.05) is 31.0 Å². The van der Waals surface area contributed by atoms with Crippen LogP contribution in [0.1, 0.15) is 32.0 Å². The van der Waals surface area contributed by atoms with E-state index in [0.717, 1.165) is 5.56 Å². The molecule has 3 aromatic rings. The first-order valence-corrected chi connectivity index (χ1v) is 9.53. The molecular formula is C23H23N3O3. The van der Waals surface area contributed by atoms with E-state index in [9.17, 15) is 0 Å². The van der Waals surface area contributed by atoms with Gasteiger partial charge in [0.1, 0.15) is 5.52 Å². The zero-order chi connectivity index (χ0) is 20.3. The van der Waals surface area contributed by atoms with Crippen molar-refractivity contribution in [2.75, 3.05) is 19.8 Å². The Kier molecular flexibility index (Phi) is 5.18. The highest BCUT2D eigenvalue weighted by Crippen LogP contribution is 2.30. The summed E-state index contributed by atoms with van der Waals surface area (Å²) in [6.45, 7) is 7.33. The summed E-state index contributed by atoms with van der Waals surface area (Å²) in [4.78, 5) is 13.4. The lowest BCUT2D eigenvalue weighted by Gasteiger charge is -2.40. The lowest BCUT2D eigenvalue weighted by molar-refractivity contribution is -0.285. The van der Waals surface area contributed by atoms with E-state index < -0.39 is 5.79 Å². The van der Waals surface area contributed by atoms with Crippen LogP contribution >= 0.6 is 0 Å².